The lowest BCUT2D eigenvalue weighted by Gasteiger charge is -2.48. The van der Waals surface area contributed by atoms with E-state index in [1.807, 2.05) is 36.4 Å². The number of hydrogen-bond donors (Lipinski definition) is 0. The largest absolute Gasteiger partial charge is 0.213 e. The molecule has 0 N–H and O–H groups in total. The van der Waals surface area contributed by atoms with E-state index >= 15 is 4.39 Å². The molecule has 4 rings (SSSR count). The Balaban J connectivity index is 2.07. The van der Waals surface area contributed by atoms with Gasteiger partial charge in [0.2, 0.25) is 5.69 Å². The molecular formula is C29H35FN+. The lowest BCUT2D eigenvalue weighted by atomic mass is 9.58. The number of unbranched alkanes of at least 4 members (excludes halogenated alkanes) is 1. The first-order valence-corrected chi connectivity index (χ1v) is 11.8. The number of rotatable bonds is 6. The van der Waals surface area contributed by atoms with Crippen LogP contribution in [0.5, 0.6) is 0 Å². The van der Waals surface area contributed by atoms with Gasteiger partial charge in [-0.2, -0.15) is 4.57 Å². The van der Waals surface area contributed by atoms with E-state index in [2.05, 4.69) is 63.6 Å². The number of hydrogen-bond acceptors (Lipinski definition) is 0. The fourth-order valence-electron chi connectivity index (χ4n) is 6.05. The maximum absolute atomic E-state index is 15.6. The summed E-state index contributed by atoms with van der Waals surface area (Å²) in [7, 11) is 0. The van der Waals surface area contributed by atoms with E-state index in [1.165, 1.54) is 22.4 Å². The molecule has 0 saturated heterocycles. The van der Waals surface area contributed by atoms with E-state index in [9.17, 15) is 0 Å². The SMILES string of the molecule is CCCCC1(C)c2cc(F)c(-c3ccccc3)cc2-c2ccc(C)c[n+]2C1(CC)CC. The fourth-order valence-corrected chi connectivity index (χ4v) is 6.05. The Bertz CT molecular complexity index is 1080. The van der Waals surface area contributed by atoms with Crippen LogP contribution in [0.15, 0.2) is 60.8 Å². The summed E-state index contributed by atoms with van der Waals surface area (Å²) in [5.41, 5.74) is 6.23. The zero-order chi connectivity index (χ0) is 22.2. The highest BCUT2D eigenvalue weighted by Crippen LogP contribution is 2.52. The predicted molar refractivity (Wildman–Crippen MR) is 128 cm³/mol. The summed E-state index contributed by atoms with van der Waals surface area (Å²) in [4.78, 5) is 0. The van der Waals surface area contributed by atoms with Crippen molar-refractivity contribution in [3.05, 3.63) is 77.7 Å². The van der Waals surface area contributed by atoms with Gasteiger partial charge in [0.05, 0.1) is 11.0 Å². The summed E-state index contributed by atoms with van der Waals surface area (Å²) in [5, 5.41) is 0. The monoisotopic (exact) mass is 416 g/mol. The van der Waals surface area contributed by atoms with Crippen LogP contribution in [-0.2, 0) is 11.0 Å². The topological polar surface area (TPSA) is 3.88 Å². The van der Waals surface area contributed by atoms with Crippen LogP contribution in [-0.4, -0.2) is 0 Å². The van der Waals surface area contributed by atoms with Gasteiger partial charge < -0.3 is 0 Å². The van der Waals surface area contributed by atoms with Gasteiger partial charge in [-0.15, -0.1) is 0 Å². The number of aromatic nitrogens is 1. The molecule has 0 bridgehead atoms. The van der Waals surface area contributed by atoms with Crippen LogP contribution in [0.1, 0.15) is 70.9 Å². The van der Waals surface area contributed by atoms with Gasteiger partial charge in [-0.3, -0.25) is 0 Å². The minimum atomic E-state index is -0.136. The Morgan fingerprint density at radius 2 is 1.61 bits per heavy atom. The Morgan fingerprint density at radius 1 is 0.903 bits per heavy atom. The molecule has 0 fully saturated rings. The van der Waals surface area contributed by atoms with Crippen molar-refractivity contribution in [2.75, 3.05) is 0 Å². The summed E-state index contributed by atoms with van der Waals surface area (Å²) in [6.07, 6.45) is 7.70. The molecule has 2 heteroatoms. The molecule has 1 atom stereocenters. The molecule has 1 aromatic heterocycles. The second kappa shape index (κ2) is 8.22. The molecule has 1 unspecified atom stereocenters. The van der Waals surface area contributed by atoms with Gasteiger partial charge in [0.15, 0.2) is 11.7 Å². The van der Waals surface area contributed by atoms with E-state index in [1.54, 1.807) is 0 Å². The molecule has 0 aliphatic carbocycles. The van der Waals surface area contributed by atoms with Crippen molar-refractivity contribution < 1.29 is 8.96 Å². The van der Waals surface area contributed by atoms with Crippen LogP contribution in [0.3, 0.4) is 0 Å². The number of halogens is 1. The molecule has 0 radical (unpaired) electrons. The molecule has 162 valence electrons. The third-order valence-electron chi connectivity index (χ3n) is 7.85. The van der Waals surface area contributed by atoms with Crippen LogP contribution in [0, 0.1) is 12.7 Å². The van der Waals surface area contributed by atoms with Gasteiger partial charge in [-0.25, -0.2) is 4.39 Å². The molecule has 0 spiro atoms. The molecule has 31 heavy (non-hydrogen) atoms. The summed E-state index contributed by atoms with van der Waals surface area (Å²) >= 11 is 0. The predicted octanol–water partition coefficient (Wildman–Crippen LogP) is 7.73. The molecule has 1 aliphatic heterocycles. The minimum absolute atomic E-state index is 0.0722. The van der Waals surface area contributed by atoms with Crippen LogP contribution in [0.4, 0.5) is 4.39 Å². The standard InChI is InChI=1S/C29H35FN/c1-6-9-17-28(5)25-19-26(30)23(22-13-11-10-12-14-22)18-24(25)27-16-15-21(4)20-31(27)29(28,7-2)8-3/h10-16,18-20H,6-9,17H2,1-5H3/q+1. The molecule has 1 nitrogen and oxygen atoms in total. The number of benzene rings is 2. The Kier molecular flexibility index (Phi) is 5.77. The van der Waals surface area contributed by atoms with E-state index in [0.717, 1.165) is 37.7 Å². The summed E-state index contributed by atoms with van der Waals surface area (Å²) < 4.78 is 18.2. The highest BCUT2D eigenvalue weighted by molar-refractivity contribution is 5.75. The quantitative estimate of drug-likeness (QED) is 0.362. The van der Waals surface area contributed by atoms with Crippen LogP contribution < -0.4 is 4.57 Å². The minimum Gasteiger partial charge on any atom is -0.206 e. The fraction of sp³-hybridized carbons (Fsp3) is 0.414. The average Bonchev–Trinajstić information content (AvgIpc) is 2.79. The first kappa shape index (κ1) is 21.7. The second-order valence-electron chi connectivity index (χ2n) is 9.38. The second-order valence-corrected chi connectivity index (χ2v) is 9.38. The molecule has 1 aliphatic rings. The van der Waals surface area contributed by atoms with Crippen molar-refractivity contribution >= 4 is 0 Å². The summed E-state index contributed by atoms with van der Waals surface area (Å²) in [6.45, 7) is 11.4. The first-order chi connectivity index (χ1) is 14.9. The molecule has 0 amide bonds. The number of aryl methyl sites for hydroxylation is 1. The smallest absolute Gasteiger partial charge is 0.206 e. The van der Waals surface area contributed by atoms with Gasteiger partial charge in [0, 0.05) is 30.0 Å². The molecule has 3 aromatic rings. The van der Waals surface area contributed by atoms with E-state index < -0.39 is 0 Å². The molecular weight excluding hydrogens is 381 g/mol. The van der Waals surface area contributed by atoms with Gasteiger partial charge in [-0.1, -0.05) is 63.9 Å². The van der Waals surface area contributed by atoms with Crippen LogP contribution >= 0.6 is 0 Å². The van der Waals surface area contributed by atoms with Crippen molar-refractivity contribution in [3.63, 3.8) is 0 Å². The number of fused-ring (bicyclic) bond motifs is 3. The van der Waals surface area contributed by atoms with Crippen molar-refractivity contribution in [1.29, 1.82) is 0 Å². The zero-order valence-corrected chi connectivity index (χ0v) is 19.6. The van der Waals surface area contributed by atoms with E-state index in [-0.39, 0.29) is 16.8 Å². The van der Waals surface area contributed by atoms with Crippen LogP contribution in [0.25, 0.3) is 22.4 Å². The third-order valence-corrected chi connectivity index (χ3v) is 7.85. The van der Waals surface area contributed by atoms with Crippen molar-refractivity contribution in [3.8, 4) is 22.4 Å². The van der Waals surface area contributed by atoms with E-state index in [0.29, 0.717) is 5.56 Å². The number of pyridine rings is 1. The van der Waals surface area contributed by atoms with Gasteiger partial charge in [0.25, 0.3) is 0 Å². The maximum Gasteiger partial charge on any atom is 0.213 e. The lowest BCUT2D eigenvalue weighted by Crippen LogP contribution is -2.69. The Labute approximate surface area is 187 Å². The molecule has 2 heterocycles. The third kappa shape index (κ3) is 3.23. The lowest BCUT2D eigenvalue weighted by molar-refractivity contribution is -0.770. The molecule has 0 saturated carbocycles. The zero-order valence-electron chi connectivity index (χ0n) is 19.6. The van der Waals surface area contributed by atoms with Gasteiger partial charge >= 0.3 is 0 Å². The van der Waals surface area contributed by atoms with Gasteiger partial charge in [-0.05, 0) is 49.6 Å². The van der Waals surface area contributed by atoms with Crippen molar-refractivity contribution in [1.82, 2.24) is 0 Å². The van der Waals surface area contributed by atoms with E-state index in [4.69, 9.17) is 0 Å². The first-order valence-electron chi connectivity index (χ1n) is 11.8. The van der Waals surface area contributed by atoms with Gasteiger partial charge in [0.1, 0.15) is 5.82 Å². The van der Waals surface area contributed by atoms with Crippen molar-refractivity contribution in [2.24, 2.45) is 0 Å². The normalized spacial score (nSPS) is 19.0. The molecule has 2 aromatic carbocycles. The number of nitrogens with zero attached hydrogens (tertiary/aromatic N) is 1. The Hall–Kier alpha value is -2.48. The Morgan fingerprint density at radius 3 is 2.26 bits per heavy atom. The van der Waals surface area contributed by atoms with Crippen LogP contribution in [0.2, 0.25) is 0 Å². The van der Waals surface area contributed by atoms with Crippen molar-refractivity contribution in [2.45, 2.75) is 77.7 Å². The highest BCUT2D eigenvalue weighted by Gasteiger charge is 2.58. The summed E-state index contributed by atoms with van der Waals surface area (Å²) in [5.74, 6) is -0.116. The average molecular weight is 417 g/mol. The highest BCUT2D eigenvalue weighted by atomic mass is 19.1. The maximum atomic E-state index is 15.6. The summed E-state index contributed by atoms with van der Waals surface area (Å²) in [6, 6.07) is 18.3.